The molecule has 0 bridgehead atoms. The number of rotatable bonds is 5. The minimum absolute atomic E-state index is 0.309. The van der Waals surface area contributed by atoms with Crippen LogP contribution in [0.2, 0.25) is 15.1 Å². The number of halogens is 3. The van der Waals surface area contributed by atoms with E-state index >= 15 is 0 Å². The third kappa shape index (κ3) is 4.66. The number of aromatic nitrogens is 2. The molecule has 1 amide bonds. The average Bonchev–Trinajstić information content (AvgIpc) is 3.17. The van der Waals surface area contributed by atoms with E-state index < -0.39 is 0 Å². The summed E-state index contributed by atoms with van der Waals surface area (Å²) in [6.07, 6.45) is 4.54. The maximum Gasteiger partial charge on any atom is 0.248 e. The van der Waals surface area contributed by atoms with Crippen molar-refractivity contribution in [2.75, 3.05) is 12.4 Å². The molecule has 4 aromatic rings. The fraction of sp³-hybridized carbons (Fsp3) is 0.0455. The molecule has 9 heteroatoms. The zero-order valence-corrected chi connectivity index (χ0v) is 18.3. The Morgan fingerprint density at radius 3 is 2.74 bits per heavy atom. The number of hydrogen-bond acceptors (Lipinski definition) is 5. The lowest BCUT2D eigenvalue weighted by Gasteiger charge is -2.08. The summed E-state index contributed by atoms with van der Waals surface area (Å²) in [6, 6.07) is 11.7. The second kappa shape index (κ2) is 8.98. The summed E-state index contributed by atoms with van der Waals surface area (Å²) in [5.41, 5.74) is 2.64. The van der Waals surface area contributed by atoms with Crippen LogP contribution in [0.25, 0.3) is 28.8 Å². The van der Waals surface area contributed by atoms with Crippen molar-refractivity contribution in [3.8, 4) is 17.2 Å². The van der Waals surface area contributed by atoms with Gasteiger partial charge < -0.3 is 14.5 Å². The van der Waals surface area contributed by atoms with E-state index in [9.17, 15) is 4.79 Å². The Hall–Kier alpha value is -3.06. The van der Waals surface area contributed by atoms with Crippen LogP contribution in [0.1, 0.15) is 5.56 Å². The van der Waals surface area contributed by atoms with Crippen LogP contribution in [-0.4, -0.2) is 23.0 Å². The van der Waals surface area contributed by atoms with Gasteiger partial charge in [0.15, 0.2) is 11.2 Å². The Labute approximate surface area is 192 Å². The minimum Gasteiger partial charge on any atom is -0.495 e. The standard InChI is InChI=1S/C22H14Cl3N3O3/c1-30-20-12(9-13(23)10-17(20)25)4-7-19(29)27-14-5-6-16(24)15(11-14)22-28-21-18(31-22)3-2-8-26-21/h2-11H,1H3,(H,27,29)/b7-4+. The number of benzene rings is 2. The number of nitrogens with one attached hydrogen (secondary N) is 1. The Kier molecular flexibility index (Phi) is 6.13. The number of oxazole rings is 1. The summed E-state index contributed by atoms with van der Waals surface area (Å²) in [5, 5.41) is 3.99. The van der Waals surface area contributed by atoms with E-state index in [0.29, 0.717) is 54.8 Å². The van der Waals surface area contributed by atoms with Crippen molar-refractivity contribution in [3.63, 3.8) is 0 Å². The number of carbonyl (C=O) groups is 1. The van der Waals surface area contributed by atoms with E-state index in [0.717, 1.165) is 0 Å². The predicted octanol–water partition coefficient (Wildman–Crippen LogP) is 6.51. The van der Waals surface area contributed by atoms with Crippen molar-refractivity contribution in [1.82, 2.24) is 9.97 Å². The Morgan fingerprint density at radius 2 is 1.97 bits per heavy atom. The highest BCUT2D eigenvalue weighted by Crippen LogP contribution is 2.34. The van der Waals surface area contributed by atoms with Crippen molar-refractivity contribution in [2.45, 2.75) is 0 Å². The highest BCUT2D eigenvalue weighted by atomic mass is 35.5. The minimum atomic E-state index is -0.370. The normalized spacial score (nSPS) is 11.2. The molecule has 0 aliphatic rings. The zero-order valence-electron chi connectivity index (χ0n) is 16.0. The van der Waals surface area contributed by atoms with Gasteiger partial charge in [-0.05, 0) is 48.5 Å². The lowest BCUT2D eigenvalue weighted by atomic mass is 10.1. The summed E-state index contributed by atoms with van der Waals surface area (Å²) < 4.78 is 11.0. The molecular formula is C22H14Cl3N3O3. The average molecular weight is 475 g/mol. The first-order chi connectivity index (χ1) is 14.9. The Balaban J connectivity index is 1.57. The van der Waals surface area contributed by atoms with Gasteiger partial charge in [-0.1, -0.05) is 34.8 Å². The van der Waals surface area contributed by atoms with Gasteiger partial charge in [0.1, 0.15) is 5.75 Å². The third-order valence-corrected chi connectivity index (χ3v) is 5.11. The molecule has 0 saturated heterocycles. The van der Waals surface area contributed by atoms with Gasteiger partial charge in [-0.3, -0.25) is 4.79 Å². The van der Waals surface area contributed by atoms with Crippen molar-refractivity contribution >= 4 is 63.7 Å². The third-order valence-electron chi connectivity index (χ3n) is 4.28. The Bertz CT molecular complexity index is 1290. The lowest BCUT2D eigenvalue weighted by molar-refractivity contribution is -0.111. The molecule has 0 saturated carbocycles. The topological polar surface area (TPSA) is 77.2 Å². The van der Waals surface area contributed by atoms with E-state index in [4.69, 9.17) is 44.0 Å². The van der Waals surface area contributed by atoms with Crippen molar-refractivity contribution in [3.05, 3.63) is 75.4 Å². The SMILES string of the molecule is COc1c(Cl)cc(Cl)cc1/C=C/C(=O)Nc1ccc(Cl)c(-c2nc3ncccc3o2)c1. The van der Waals surface area contributed by atoms with E-state index in [2.05, 4.69) is 15.3 Å². The summed E-state index contributed by atoms with van der Waals surface area (Å²) >= 11 is 18.5. The first-order valence-corrected chi connectivity index (χ1v) is 10.1. The number of anilines is 1. The summed E-state index contributed by atoms with van der Waals surface area (Å²) in [7, 11) is 1.49. The van der Waals surface area contributed by atoms with Gasteiger partial charge in [-0.2, -0.15) is 4.98 Å². The van der Waals surface area contributed by atoms with E-state index in [1.54, 1.807) is 54.7 Å². The molecule has 0 atom stereocenters. The highest BCUT2D eigenvalue weighted by Gasteiger charge is 2.14. The predicted molar refractivity (Wildman–Crippen MR) is 123 cm³/mol. The fourth-order valence-corrected chi connectivity index (χ4v) is 3.70. The fourth-order valence-electron chi connectivity index (χ4n) is 2.92. The summed E-state index contributed by atoms with van der Waals surface area (Å²) in [4.78, 5) is 20.9. The smallest absolute Gasteiger partial charge is 0.248 e. The largest absolute Gasteiger partial charge is 0.495 e. The molecule has 156 valence electrons. The van der Waals surface area contributed by atoms with Gasteiger partial charge >= 0.3 is 0 Å². The summed E-state index contributed by atoms with van der Waals surface area (Å²) in [5.74, 6) is 0.364. The van der Waals surface area contributed by atoms with Gasteiger partial charge in [-0.15, -0.1) is 0 Å². The first-order valence-electron chi connectivity index (χ1n) is 8.98. The number of carbonyl (C=O) groups excluding carboxylic acids is 1. The molecule has 2 heterocycles. The molecule has 0 unspecified atom stereocenters. The van der Waals surface area contributed by atoms with E-state index in [1.165, 1.54) is 13.2 Å². The molecular weight excluding hydrogens is 461 g/mol. The number of hydrogen-bond donors (Lipinski definition) is 1. The maximum absolute atomic E-state index is 12.4. The van der Waals surface area contributed by atoms with Crippen LogP contribution in [0.15, 0.2) is 59.2 Å². The molecule has 0 spiro atoms. The molecule has 0 aliphatic carbocycles. The molecule has 31 heavy (non-hydrogen) atoms. The van der Waals surface area contributed by atoms with Gasteiger partial charge in [-0.25, -0.2) is 4.98 Å². The van der Waals surface area contributed by atoms with E-state index in [-0.39, 0.29) is 5.91 Å². The number of amides is 1. The van der Waals surface area contributed by atoms with Crippen LogP contribution in [0.3, 0.4) is 0 Å². The second-order valence-electron chi connectivity index (χ2n) is 6.37. The van der Waals surface area contributed by atoms with Crippen LogP contribution in [0.5, 0.6) is 5.75 Å². The summed E-state index contributed by atoms with van der Waals surface area (Å²) in [6.45, 7) is 0. The first kappa shape index (κ1) is 21.2. The van der Waals surface area contributed by atoms with Crippen molar-refractivity contribution in [1.29, 1.82) is 0 Å². The molecule has 0 aliphatic heterocycles. The van der Waals surface area contributed by atoms with Gasteiger partial charge in [0.05, 0.1) is 22.7 Å². The van der Waals surface area contributed by atoms with Crippen LogP contribution in [-0.2, 0) is 4.79 Å². The zero-order chi connectivity index (χ0) is 22.0. The van der Waals surface area contributed by atoms with E-state index in [1.807, 2.05) is 0 Å². The van der Waals surface area contributed by atoms with Gasteiger partial charge in [0.25, 0.3) is 0 Å². The molecule has 2 aromatic heterocycles. The van der Waals surface area contributed by atoms with Crippen LogP contribution in [0, 0.1) is 0 Å². The van der Waals surface area contributed by atoms with Crippen LogP contribution >= 0.6 is 34.8 Å². The van der Waals surface area contributed by atoms with Crippen LogP contribution in [0.4, 0.5) is 5.69 Å². The molecule has 6 nitrogen and oxygen atoms in total. The second-order valence-corrected chi connectivity index (χ2v) is 7.62. The Morgan fingerprint density at radius 1 is 1.13 bits per heavy atom. The number of nitrogens with zero attached hydrogens (tertiary/aromatic N) is 2. The lowest BCUT2D eigenvalue weighted by Crippen LogP contribution is -2.07. The number of fused-ring (bicyclic) bond motifs is 1. The van der Waals surface area contributed by atoms with Crippen molar-refractivity contribution < 1.29 is 13.9 Å². The quantitative estimate of drug-likeness (QED) is 0.334. The molecule has 0 fully saturated rings. The highest BCUT2D eigenvalue weighted by molar-refractivity contribution is 6.36. The number of ether oxygens (including phenoxy) is 1. The number of methoxy groups -OCH3 is 1. The van der Waals surface area contributed by atoms with Crippen molar-refractivity contribution in [2.24, 2.45) is 0 Å². The molecule has 4 rings (SSSR count). The van der Waals surface area contributed by atoms with Crippen LogP contribution < -0.4 is 10.1 Å². The number of pyridine rings is 1. The molecule has 0 radical (unpaired) electrons. The monoisotopic (exact) mass is 473 g/mol. The van der Waals surface area contributed by atoms with Gasteiger partial charge in [0.2, 0.25) is 11.8 Å². The van der Waals surface area contributed by atoms with Gasteiger partial charge in [0, 0.05) is 28.5 Å². The maximum atomic E-state index is 12.4. The molecule has 1 N–H and O–H groups in total. The molecule has 2 aromatic carbocycles.